The van der Waals surface area contributed by atoms with Gasteiger partial charge in [0, 0.05) is 23.4 Å². The molecule has 0 radical (unpaired) electrons. The number of ether oxygens (including phenoxy) is 1. The molecule has 0 bridgehead atoms. The lowest BCUT2D eigenvalue weighted by atomic mass is 9.71. The number of aromatic nitrogens is 3. The first-order valence-corrected chi connectivity index (χ1v) is 9.28. The second-order valence-electron chi connectivity index (χ2n) is 6.93. The zero-order valence-electron chi connectivity index (χ0n) is 14.2. The van der Waals surface area contributed by atoms with Gasteiger partial charge >= 0.3 is 0 Å². The van der Waals surface area contributed by atoms with Crippen LogP contribution in [0.2, 0.25) is 5.02 Å². The van der Waals surface area contributed by atoms with Crippen LogP contribution in [0.5, 0.6) is 0 Å². The number of hydrogen-bond acceptors (Lipinski definition) is 4. The first-order valence-electron chi connectivity index (χ1n) is 8.37. The molecule has 3 unspecified atom stereocenters. The van der Waals surface area contributed by atoms with Gasteiger partial charge in [-0.1, -0.05) is 23.7 Å². The standard InChI is InChI=1S/C18H23Cl2N3O2/c1-25-11-17(9-19)7-6-15(8-14-2-4-16(20)5-3-14)18(17,24)10-23-13-21-12-22-23/h2-5,12-13,15,24H,6-11H2,1H3. The van der Waals surface area contributed by atoms with E-state index in [0.29, 0.717) is 24.1 Å². The van der Waals surface area contributed by atoms with Gasteiger partial charge in [-0.25, -0.2) is 4.98 Å². The fraction of sp³-hybridized carbons (Fsp3) is 0.556. The van der Waals surface area contributed by atoms with Crippen LogP contribution in [0.4, 0.5) is 0 Å². The smallest absolute Gasteiger partial charge is 0.137 e. The molecule has 0 amide bonds. The molecule has 1 aromatic heterocycles. The van der Waals surface area contributed by atoms with Crippen molar-refractivity contribution in [3.05, 3.63) is 47.5 Å². The maximum Gasteiger partial charge on any atom is 0.137 e. The Morgan fingerprint density at radius 1 is 1.36 bits per heavy atom. The van der Waals surface area contributed by atoms with Crippen molar-refractivity contribution in [2.24, 2.45) is 11.3 Å². The first kappa shape index (κ1) is 18.6. The zero-order chi connectivity index (χ0) is 17.9. The van der Waals surface area contributed by atoms with E-state index in [9.17, 15) is 5.11 Å². The van der Waals surface area contributed by atoms with Gasteiger partial charge in [0.2, 0.25) is 0 Å². The van der Waals surface area contributed by atoms with Crippen molar-refractivity contribution in [3.8, 4) is 0 Å². The summed E-state index contributed by atoms with van der Waals surface area (Å²) in [7, 11) is 1.65. The molecule has 1 aliphatic rings. The molecule has 3 atom stereocenters. The van der Waals surface area contributed by atoms with Crippen molar-refractivity contribution >= 4 is 23.2 Å². The Labute approximate surface area is 157 Å². The number of nitrogens with zero attached hydrogens (tertiary/aromatic N) is 3. The molecular formula is C18H23Cl2N3O2. The monoisotopic (exact) mass is 383 g/mol. The molecule has 136 valence electrons. The zero-order valence-corrected chi connectivity index (χ0v) is 15.7. The van der Waals surface area contributed by atoms with Gasteiger partial charge < -0.3 is 9.84 Å². The molecule has 1 fully saturated rings. The minimum absolute atomic E-state index is 0.0479. The summed E-state index contributed by atoms with van der Waals surface area (Å²) in [6.45, 7) is 0.764. The van der Waals surface area contributed by atoms with Gasteiger partial charge in [-0.05, 0) is 42.9 Å². The van der Waals surface area contributed by atoms with Gasteiger partial charge in [-0.2, -0.15) is 5.10 Å². The van der Waals surface area contributed by atoms with Crippen molar-refractivity contribution in [3.63, 3.8) is 0 Å². The molecule has 7 heteroatoms. The van der Waals surface area contributed by atoms with Crippen molar-refractivity contribution in [1.82, 2.24) is 14.8 Å². The lowest BCUT2D eigenvalue weighted by Gasteiger charge is -2.43. The molecule has 1 aliphatic carbocycles. The Hall–Kier alpha value is -1.14. The number of hydrogen-bond donors (Lipinski definition) is 1. The Bertz CT molecular complexity index is 680. The van der Waals surface area contributed by atoms with Gasteiger partial charge in [0.25, 0.3) is 0 Å². The predicted octanol–water partition coefficient (Wildman–Crippen LogP) is 3.19. The van der Waals surface area contributed by atoms with E-state index in [-0.39, 0.29) is 5.92 Å². The maximum absolute atomic E-state index is 11.8. The Kier molecular flexibility index (Phi) is 5.68. The molecule has 1 N–H and O–H groups in total. The third-order valence-corrected chi connectivity index (χ3v) is 6.27. The summed E-state index contributed by atoms with van der Waals surface area (Å²) in [5.41, 5.74) is -0.390. The summed E-state index contributed by atoms with van der Waals surface area (Å²) >= 11 is 12.3. The van der Waals surface area contributed by atoms with Gasteiger partial charge in [0.05, 0.1) is 18.8 Å². The Morgan fingerprint density at radius 2 is 2.12 bits per heavy atom. The highest BCUT2D eigenvalue weighted by Gasteiger charge is 2.59. The second kappa shape index (κ2) is 7.62. The Morgan fingerprint density at radius 3 is 2.72 bits per heavy atom. The summed E-state index contributed by atoms with van der Waals surface area (Å²) in [6, 6.07) is 7.78. The molecule has 5 nitrogen and oxygen atoms in total. The van der Waals surface area contributed by atoms with Crippen LogP contribution in [0, 0.1) is 11.3 Å². The molecule has 1 saturated carbocycles. The number of alkyl halides is 1. The van der Waals surface area contributed by atoms with Crippen LogP contribution in [-0.2, 0) is 17.7 Å². The molecule has 1 aromatic carbocycles. The van der Waals surface area contributed by atoms with Crippen LogP contribution in [0.1, 0.15) is 18.4 Å². The number of methoxy groups -OCH3 is 1. The SMILES string of the molecule is COCC1(CCl)CCC(Cc2ccc(Cl)cc2)C1(O)Cn1cncn1. The summed E-state index contributed by atoms with van der Waals surface area (Å²) in [6.07, 6.45) is 5.55. The average Bonchev–Trinajstić information content (AvgIpc) is 3.19. The third kappa shape index (κ3) is 3.56. The van der Waals surface area contributed by atoms with Gasteiger partial charge in [0.15, 0.2) is 0 Å². The van der Waals surface area contributed by atoms with Crippen LogP contribution in [-0.4, -0.2) is 45.1 Å². The summed E-state index contributed by atoms with van der Waals surface area (Å²) in [4.78, 5) is 4.00. The quantitative estimate of drug-likeness (QED) is 0.745. The molecule has 0 aliphatic heterocycles. The minimum Gasteiger partial charge on any atom is -0.387 e. The van der Waals surface area contributed by atoms with E-state index in [2.05, 4.69) is 10.1 Å². The lowest BCUT2D eigenvalue weighted by Crippen LogP contribution is -2.55. The average molecular weight is 384 g/mol. The minimum atomic E-state index is -1.03. The van der Waals surface area contributed by atoms with Crippen LogP contribution in [0.25, 0.3) is 0 Å². The van der Waals surface area contributed by atoms with E-state index in [1.54, 1.807) is 18.1 Å². The molecule has 2 aromatic rings. The predicted molar refractivity (Wildman–Crippen MR) is 97.9 cm³/mol. The lowest BCUT2D eigenvalue weighted by molar-refractivity contribution is -0.120. The van der Waals surface area contributed by atoms with E-state index >= 15 is 0 Å². The maximum atomic E-state index is 11.8. The van der Waals surface area contributed by atoms with E-state index < -0.39 is 11.0 Å². The molecule has 0 spiro atoms. The molecule has 0 saturated heterocycles. The summed E-state index contributed by atoms with van der Waals surface area (Å²) in [5, 5.41) is 16.7. The fourth-order valence-corrected chi connectivity index (χ4v) is 4.64. The van der Waals surface area contributed by atoms with Crippen molar-refractivity contribution in [2.45, 2.75) is 31.4 Å². The highest BCUT2D eigenvalue weighted by molar-refractivity contribution is 6.30. The van der Waals surface area contributed by atoms with Crippen LogP contribution >= 0.6 is 23.2 Å². The van der Waals surface area contributed by atoms with E-state index in [1.807, 2.05) is 24.3 Å². The highest BCUT2D eigenvalue weighted by Crippen LogP contribution is 2.53. The number of rotatable bonds is 7. The Balaban J connectivity index is 1.91. The molecule has 25 heavy (non-hydrogen) atoms. The van der Waals surface area contributed by atoms with Crippen LogP contribution in [0.3, 0.4) is 0 Å². The fourth-order valence-electron chi connectivity index (χ4n) is 4.07. The first-order chi connectivity index (χ1) is 12.0. The normalized spacial score (nSPS) is 29.2. The third-order valence-electron chi connectivity index (χ3n) is 5.51. The molecular weight excluding hydrogens is 361 g/mol. The van der Waals surface area contributed by atoms with Crippen LogP contribution in [0.15, 0.2) is 36.9 Å². The second-order valence-corrected chi connectivity index (χ2v) is 7.63. The van der Waals surface area contributed by atoms with Crippen molar-refractivity contribution in [2.75, 3.05) is 19.6 Å². The van der Waals surface area contributed by atoms with Gasteiger partial charge in [0.1, 0.15) is 12.7 Å². The number of halogens is 2. The van der Waals surface area contributed by atoms with Crippen molar-refractivity contribution < 1.29 is 9.84 Å². The van der Waals surface area contributed by atoms with E-state index in [1.165, 1.54) is 6.33 Å². The van der Waals surface area contributed by atoms with Crippen molar-refractivity contribution in [1.29, 1.82) is 0 Å². The van der Waals surface area contributed by atoms with E-state index in [0.717, 1.165) is 24.8 Å². The largest absolute Gasteiger partial charge is 0.387 e. The molecule has 1 heterocycles. The van der Waals surface area contributed by atoms with Gasteiger partial charge in [-0.15, -0.1) is 11.6 Å². The highest BCUT2D eigenvalue weighted by atomic mass is 35.5. The van der Waals surface area contributed by atoms with Crippen LogP contribution < -0.4 is 0 Å². The summed E-state index contributed by atoms with van der Waals surface area (Å²) < 4.78 is 7.12. The summed E-state index contributed by atoms with van der Waals surface area (Å²) in [5.74, 6) is 0.384. The topological polar surface area (TPSA) is 60.2 Å². The number of aliphatic hydroxyl groups is 1. The molecule has 3 rings (SSSR count). The van der Waals surface area contributed by atoms with Gasteiger partial charge in [-0.3, -0.25) is 4.68 Å². The number of benzene rings is 1. The van der Waals surface area contributed by atoms with E-state index in [4.69, 9.17) is 27.9 Å².